The minimum Gasteiger partial charge on any atom is -0.239 e. The van der Waals surface area contributed by atoms with E-state index in [4.69, 9.17) is 0 Å². The van der Waals surface area contributed by atoms with Crippen molar-refractivity contribution in [2.24, 2.45) is 0 Å². The first-order valence-electron chi connectivity index (χ1n) is 9.72. The Morgan fingerprint density at radius 2 is 1.46 bits per heavy atom. The number of aromatic nitrogens is 2. The quantitative estimate of drug-likeness (QED) is 0.654. The number of hydrogen-bond donors (Lipinski definition) is 0. The van der Waals surface area contributed by atoms with Gasteiger partial charge in [-0.2, -0.15) is 9.40 Å². The van der Waals surface area contributed by atoms with Crippen molar-refractivity contribution < 1.29 is 8.42 Å². The molecule has 0 amide bonds. The van der Waals surface area contributed by atoms with Gasteiger partial charge in [-0.05, 0) is 38.8 Å². The molecule has 0 aliphatic carbocycles. The highest BCUT2D eigenvalue weighted by Crippen LogP contribution is 2.34. The molecule has 1 aliphatic rings. The van der Waals surface area contributed by atoms with Gasteiger partial charge in [0.2, 0.25) is 10.0 Å². The molecule has 146 valence electrons. The molecule has 28 heavy (non-hydrogen) atoms. The van der Waals surface area contributed by atoms with Gasteiger partial charge in [-0.1, -0.05) is 55.0 Å². The van der Waals surface area contributed by atoms with Crippen molar-refractivity contribution in [3.63, 3.8) is 0 Å². The average Bonchev–Trinajstić information content (AvgIpc) is 3.15. The maximum absolute atomic E-state index is 13.7. The molecule has 2 atom stereocenters. The van der Waals surface area contributed by atoms with Gasteiger partial charge >= 0.3 is 0 Å². The van der Waals surface area contributed by atoms with Crippen LogP contribution in [-0.4, -0.2) is 34.6 Å². The van der Waals surface area contributed by atoms with Crippen LogP contribution in [-0.2, 0) is 10.0 Å². The number of sulfonamides is 1. The van der Waals surface area contributed by atoms with Gasteiger partial charge in [-0.25, -0.2) is 13.1 Å². The molecule has 0 N–H and O–H groups in total. The first kappa shape index (κ1) is 18.9. The van der Waals surface area contributed by atoms with E-state index < -0.39 is 10.0 Å². The van der Waals surface area contributed by atoms with E-state index in [1.165, 1.54) is 0 Å². The third-order valence-electron chi connectivity index (χ3n) is 5.42. The predicted molar refractivity (Wildman–Crippen MR) is 111 cm³/mol. The van der Waals surface area contributed by atoms with E-state index in [0.29, 0.717) is 5.69 Å². The van der Waals surface area contributed by atoms with E-state index in [9.17, 15) is 8.42 Å². The van der Waals surface area contributed by atoms with Crippen LogP contribution in [0, 0.1) is 0 Å². The first-order chi connectivity index (χ1) is 13.5. The highest BCUT2D eigenvalue weighted by atomic mass is 32.2. The Balaban J connectivity index is 1.89. The summed E-state index contributed by atoms with van der Waals surface area (Å²) < 4.78 is 30.8. The van der Waals surface area contributed by atoms with Crippen LogP contribution in [0.4, 0.5) is 0 Å². The molecular formula is C22H25N3O2S. The second kappa shape index (κ2) is 7.53. The van der Waals surface area contributed by atoms with E-state index in [0.717, 1.165) is 30.5 Å². The topological polar surface area (TPSA) is 55.2 Å². The standard InChI is InChI=1S/C22H25N3O2S/c1-17-10-9-11-18(2)25(17)28(26,27)21-16-24(20-14-7-4-8-15-20)23-22(21)19-12-5-3-6-13-19/h3-8,12-18H,9-11H2,1-2H3. The minimum absolute atomic E-state index is 0.0163. The zero-order valence-corrected chi connectivity index (χ0v) is 17.0. The number of piperidine rings is 1. The van der Waals surface area contributed by atoms with Crippen molar-refractivity contribution in [1.29, 1.82) is 0 Å². The zero-order chi connectivity index (χ0) is 19.7. The monoisotopic (exact) mass is 395 g/mol. The van der Waals surface area contributed by atoms with Crippen LogP contribution in [0.25, 0.3) is 16.9 Å². The van der Waals surface area contributed by atoms with Gasteiger partial charge in [0.1, 0.15) is 10.6 Å². The van der Waals surface area contributed by atoms with Crippen LogP contribution in [0.5, 0.6) is 0 Å². The van der Waals surface area contributed by atoms with Gasteiger partial charge in [-0.3, -0.25) is 0 Å². The molecule has 1 aromatic heterocycles. The predicted octanol–water partition coefficient (Wildman–Crippen LogP) is 4.49. The lowest BCUT2D eigenvalue weighted by molar-refractivity contribution is 0.204. The van der Waals surface area contributed by atoms with E-state index >= 15 is 0 Å². The fourth-order valence-corrected chi connectivity index (χ4v) is 6.06. The summed E-state index contributed by atoms with van der Waals surface area (Å²) in [6.07, 6.45) is 4.48. The largest absolute Gasteiger partial charge is 0.247 e. The Morgan fingerprint density at radius 3 is 2.07 bits per heavy atom. The molecule has 1 aliphatic heterocycles. The molecule has 2 unspecified atom stereocenters. The molecule has 1 saturated heterocycles. The third kappa shape index (κ3) is 3.38. The Hall–Kier alpha value is -2.44. The molecule has 1 fully saturated rings. The third-order valence-corrected chi connectivity index (χ3v) is 7.55. The summed E-state index contributed by atoms with van der Waals surface area (Å²) in [4.78, 5) is 0.267. The fraction of sp³-hybridized carbons (Fsp3) is 0.318. The molecule has 0 radical (unpaired) electrons. The van der Waals surface area contributed by atoms with Crippen molar-refractivity contribution in [1.82, 2.24) is 14.1 Å². The number of nitrogens with zero attached hydrogens (tertiary/aromatic N) is 3. The van der Waals surface area contributed by atoms with Crippen molar-refractivity contribution >= 4 is 10.0 Å². The molecule has 2 heterocycles. The van der Waals surface area contributed by atoms with Crippen molar-refractivity contribution in [3.05, 3.63) is 66.9 Å². The summed E-state index contributed by atoms with van der Waals surface area (Å²) >= 11 is 0. The summed E-state index contributed by atoms with van der Waals surface area (Å²) in [7, 11) is -3.68. The highest BCUT2D eigenvalue weighted by molar-refractivity contribution is 7.89. The molecule has 4 rings (SSSR count). The Bertz CT molecular complexity index is 1040. The molecule has 0 saturated carbocycles. The molecule has 3 aromatic rings. The Labute approximate surface area is 166 Å². The van der Waals surface area contributed by atoms with Crippen LogP contribution in [0.15, 0.2) is 71.8 Å². The summed E-state index contributed by atoms with van der Waals surface area (Å²) in [5, 5.41) is 4.67. The van der Waals surface area contributed by atoms with E-state index in [2.05, 4.69) is 5.10 Å². The number of rotatable bonds is 4. The van der Waals surface area contributed by atoms with Gasteiger partial charge in [-0.15, -0.1) is 0 Å². The summed E-state index contributed by atoms with van der Waals surface area (Å²) in [6, 6.07) is 19.1. The lowest BCUT2D eigenvalue weighted by Crippen LogP contribution is -2.47. The van der Waals surface area contributed by atoms with Gasteiger partial charge in [0.05, 0.1) is 11.9 Å². The van der Waals surface area contributed by atoms with Gasteiger partial charge < -0.3 is 0 Å². The summed E-state index contributed by atoms with van der Waals surface area (Å²) in [5.41, 5.74) is 2.13. The normalized spacial score (nSPS) is 20.9. The zero-order valence-electron chi connectivity index (χ0n) is 16.2. The van der Waals surface area contributed by atoms with Crippen LogP contribution in [0.1, 0.15) is 33.1 Å². The molecule has 5 nitrogen and oxygen atoms in total. The van der Waals surface area contributed by atoms with Crippen LogP contribution in [0.2, 0.25) is 0 Å². The first-order valence-corrected chi connectivity index (χ1v) is 11.2. The van der Waals surface area contributed by atoms with Crippen LogP contribution >= 0.6 is 0 Å². The van der Waals surface area contributed by atoms with Gasteiger partial charge in [0.25, 0.3) is 0 Å². The second-order valence-corrected chi connectivity index (χ2v) is 9.26. The van der Waals surface area contributed by atoms with Crippen molar-refractivity contribution in [3.8, 4) is 16.9 Å². The fourth-order valence-electron chi connectivity index (χ4n) is 4.04. The average molecular weight is 396 g/mol. The maximum atomic E-state index is 13.7. The molecule has 6 heteroatoms. The lowest BCUT2D eigenvalue weighted by Gasteiger charge is -2.37. The molecule has 2 aromatic carbocycles. The lowest BCUT2D eigenvalue weighted by atomic mass is 10.0. The van der Waals surface area contributed by atoms with E-state index in [1.54, 1.807) is 15.2 Å². The minimum atomic E-state index is -3.68. The van der Waals surface area contributed by atoms with E-state index in [1.807, 2.05) is 74.5 Å². The summed E-state index contributed by atoms with van der Waals surface area (Å²) in [5.74, 6) is 0. The highest BCUT2D eigenvalue weighted by Gasteiger charge is 2.38. The Kier molecular flexibility index (Phi) is 5.08. The van der Waals surface area contributed by atoms with Crippen molar-refractivity contribution in [2.45, 2.75) is 50.1 Å². The number of hydrogen-bond acceptors (Lipinski definition) is 3. The SMILES string of the molecule is CC1CCCC(C)N1S(=O)(=O)c1cn(-c2ccccc2)nc1-c1ccccc1. The van der Waals surface area contributed by atoms with Crippen LogP contribution in [0.3, 0.4) is 0 Å². The maximum Gasteiger partial charge on any atom is 0.247 e. The van der Waals surface area contributed by atoms with Crippen molar-refractivity contribution in [2.75, 3.05) is 0 Å². The molecular weight excluding hydrogens is 370 g/mol. The Morgan fingerprint density at radius 1 is 0.893 bits per heavy atom. The second-order valence-electron chi connectivity index (χ2n) is 7.45. The summed E-state index contributed by atoms with van der Waals surface area (Å²) in [6.45, 7) is 3.99. The van der Waals surface area contributed by atoms with Gasteiger partial charge in [0, 0.05) is 17.6 Å². The van der Waals surface area contributed by atoms with Gasteiger partial charge in [0.15, 0.2) is 0 Å². The number of benzene rings is 2. The smallest absolute Gasteiger partial charge is 0.239 e. The van der Waals surface area contributed by atoms with E-state index in [-0.39, 0.29) is 17.0 Å². The van der Waals surface area contributed by atoms with Crippen LogP contribution < -0.4 is 0 Å². The number of para-hydroxylation sites is 1. The molecule has 0 bridgehead atoms. The molecule has 0 spiro atoms.